The van der Waals surface area contributed by atoms with Crippen LogP contribution < -0.4 is 10.4 Å². The summed E-state index contributed by atoms with van der Waals surface area (Å²) < 4.78 is 0. The third-order valence-electron chi connectivity index (χ3n) is 5.21. The maximum Gasteiger partial charge on any atom is 0.195 e. The highest BCUT2D eigenvalue weighted by molar-refractivity contribution is 6.46. The van der Waals surface area contributed by atoms with Gasteiger partial charge in [-0.2, -0.15) is 0 Å². The quantitative estimate of drug-likeness (QED) is 0.564. The summed E-state index contributed by atoms with van der Waals surface area (Å²) in [7, 11) is 0. The van der Waals surface area contributed by atoms with E-state index >= 15 is 0 Å². The molecule has 1 aliphatic rings. The highest BCUT2D eigenvalue weighted by Gasteiger charge is 2.29. The number of carbonyl (C=O) groups excluding carboxylic acids is 1. The molecule has 134 valence electrons. The van der Waals surface area contributed by atoms with E-state index in [-0.39, 0.29) is 16.6 Å². The van der Waals surface area contributed by atoms with Gasteiger partial charge in [0.1, 0.15) is 5.75 Å². The highest BCUT2D eigenvalue weighted by atomic mass is 35.5. The van der Waals surface area contributed by atoms with E-state index in [2.05, 4.69) is 0 Å². The first-order valence-electron chi connectivity index (χ1n) is 9.02. The molecule has 0 aromatic heterocycles. The van der Waals surface area contributed by atoms with E-state index in [4.69, 9.17) is 11.6 Å². The molecule has 4 aromatic carbocycles. The van der Waals surface area contributed by atoms with Crippen molar-refractivity contribution in [2.45, 2.75) is 0 Å². The Labute approximate surface area is 166 Å². The molecule has 3 heteroatoms. The number of hydrogen-bond acceptors (Lipinski definition) is 2. The molecule has 0 saturated heterocycles. The van der Waals surface area contributed by atoms with Gasteiger partial charge in [-0.1, -0.05) is 96.5 Å². The number of carbonyl (C=O) groups is 1. The number of ketones is 1. The van der Waals surface area contributed by atoms with Gasteiger partial charge in [-0.05, 0) is 16.5 Å². The molecule has 0 unspecified atom stereocenters. The fraction of sp³-hybridized carbons (Fsp3) is 0. The first-order valence-corrected chi connectivity index (χ1v) is 9.39. The predicted octanol–water partition coefficient (Wildman–Crippen LogP) is 4.18. The van der Waals surface area contributed by atoms with Crippen molar-refractivity contribution in [2.75, 3.05) is 0 Å². The fourth-order valence-corrected chi connectivity index (χ4v) is 4.29. The molecule has 0 fully saturated rings. The SMILES string of the molecule is O=C1C(c2ccccc2)=c2c(Cl)c(O)c3ccccc3c2=C1c1ccccc1. The molecule has 1 N–H and O–H groups in total. The van der Waals surface area contributed by atoms with E-state index in [0.29, 0.717) is 21.8 Å². The molecule has 28 heavy (non-hydrogen) atoms. The second-order valence-electron chi connectivity index (χ2n) is 6.77. The lowest BCUT2D eigenvalue weighted by Crippen LogP contribution is -2.27. The molecule has 0 heterocycles. The fourth-order valence-electron chi connectivity index (χ4n) is 4.00. The van der Waals surface area contributed by atoms with Crippen LogP contribution in [-0.4, -0.2) is 10.9 Å². The predicted molar refractivity (Wildman–Crippen MR) is 113 cm³/mol. The van der Waals surface area contributed by atoms with Gasteiger partial charge < -0.3 is 5.11 Å². The van der Waals surface area contributed by atoms with Crippen LogP contribution in [0.5, 0.6) is 5.75 Å². The Kier molecular flexibility index (Phi) is 3.81. The molecule has 0 radical (unpaired) electrons. The van der Waals surface area contributed by atoms with E-state index in [1.165, 1.54) is 0 Å². The summed E-state index contributed by atoms with van der Waals surface area (Å²) in [5, 5.41) is 13.8. The summed E-state index contributed by atoms with van der Waals surface area (Å²) in [4.78, 5) is 13.7. The number of halogens is 1. The molecule has 0 bridgehead atoms. The Bertz CT molecular complexity index is 1370. The first-order chi connectivity index (χ1) is 13.7. The minimum absolute atomic E-state index is 0.00607. The molecular formula is C25H15ClO2. The Morgan fingerprint density at radius 3 is 1.64 bits per heavy atom. The van der Waals surface area contributed by atoms with Gasteiger partial charge in [-0.25, -0.2) is 0 Å². The van der Waals surface area contributed by atoms with E-state index in [0.717, 1.165) is 21.7 Å². The molecule has 4 aromatic rings. The Hall–Kier alpha value is -3.36. The van der Waals surface area contributed by atoms with E-state index in [1.807, 2.05) is 84.9 Å². The van der Waals surface area contributed by atoms with Crippen molar-refractivity contribution < 1.29 is 9.90 Å². The molecule has 0 amide bonds. The zero-order valence-corrected chi connectivity index (χ0v) is 15.6. The summed E-state index contributed by atoms with van der Waals surface area (Å²) in [6.07, 6.45) is 0. The number of rotatable bonds is 2. The number of Topliss-reactive ketones (excluding diaryl/α,β-unsaturated/α-hetero) is 1. The number of benzene rings is 4. The average molecular weight is 383 g/mol. The number of phenols is 1. The minimum Gasteiger partial charge on any atom is -0.506 e. The number of fused-ring (bicyclic) bond motifs is 3. The van der Waals surface area contributed by atoms with Crippen LogP contribution in [0.2, 0.25) is 5.02 Å². The normalized spacial score (nSPS) is 13.2. The molecule has 5 rings (SSSR count). The van der Waals surface area contributed by atoms with Crippen LogP contribution in [0.15, 0.2) is 84.9 Å². The Morgan fingerprint density at radius 2 is 1.07 bits per heavy atom. The van der Waals surface area contributed by atoms with Gasteiger partial charge in [0.2, 0.25) is 0 Å². The maximum atomic E-state index is 13.7. The van der Waals surface area contributed by atoms with Crippen molar-refractivity contribution in [1.29, 1.82) is 0 Å². The summed E-state index contributed by atoms with van der Waals surface area (Å²) in [6.45, 7) is 0. The van der Waals surface area contributed by atoms with Crippen molar-refractivity contribution in [2.24, 2.45) is 0 Å². The lowest BCUT2D eigenvalue weighted by molar-refractivity contribution is -0.108. The lowest BCUT2D eigenvalue weighted by atomic mass is 9.96. The Balaban J connectivity index is 2.09. The standard InChI is InChI=1S/C25H15ClO2/c26-23-22-20(16-11-5-2-6-12-16)25(28)19(15-9-3-1-4-10-15)21(22)17-13-7-8-14-18(17)24(23)27/h1-14,27H. The second-order valence-corrected chi connectivity index (χ2v) is 7.15. The smallest absolute Gasteiger partial charge is 0.195 e. The molecule has 0 atom stereocenters. The number of aromatic hydroxyl groups is 1. The summed E-state index contributed by atoms with van der Waals surface area (Å²) in [5.41, 5.74) is 2.77. The van der Waals surface area contributed by atoms with Crippen LogP contribution in [0.25, 0.3) is 21.9 Å². The minimum atomic E-state index is -0.0787. The van der Waals surface area contributed by atoms with Crippen molar-refractivity contribution in [3.05, 3.63) is 112 Å². The largest absolute Gasteiger partial charge is 0.506 e. The van der Waals surface area contributed by atoms with Gasteiger partial charge in [0, 0.05) is 27.0 Å². The van der Waals surface area contributed by atoms with Crippen LogP contribution in [0.1, 0.15) is 11.1 Å². The first kappa shape index (κ1) is 16.8. The van der Waals surface area contributed by atoms with Crippen LogP contribution in [-0.2, 0) is 4.79 Å². The molecule has 0 spiro atoms. The van der Waals surface area contributed by atoms with Crippen molar-refractivity contribution in [3.63, 3.8) is 0 Å². The van der Waals surface area contributed by atoms with Crippen molar-refractivity contribution in [3.8, 4) is 5.75 Å². The summed E-state index contributed by atoms with van der Waals surface area (Å²) in [5.74, 6) is -0.0726. The van der Waals surface area contributed by atoms with E-state index in [1.54, 1.807) is 0 Å². The Morgan fingerprint density at radius 1 is 0.607 bits per heavy atom. The van der Waals surface area contributed by atoms with Gasteiger partial charge in [-0.15, -0.1) is 0 Å². The zero-order valence-electron chi connectivity index (χ0n) is 14.8. The molecule has 0 aliphatic heterocycles. The van der Waals surface area contributed by atoms with Gasteiger partial charge in [0.15, 0.2) is 5.78 Å². The van der Waals surface area contributed by atoms with Crippen molar-refractivity contribution >= 4 is 39.3 Å². The van der Waals surface area contributed by atoms with E-state index < -0.39 is 0 Å². The van der Waals surface area contributed by atoms with Crippen LogP contribution >= 0.6 is 11.6 Å². The monoisotopic (exact) mass is 382 g/mol. The highest BCUT2D eigenvalue weighted by Crippen LogP contribution is 2.32. The third kappa shape index (κ3) is 2.32. The molecule has 1 aliphatic carbocycles. The molecular weight excluding hydrogens is 368 g/mol. The topological polar surface area (TPSA) is 37.3 Å². The molecule has 2 nitrogen and oxygen atoms in total. The van der Waals surface area contributed by atoms with Crippen LogP contribution in [0, 0.1) is 0 Å². The van der Waals surface area contributed by atoms with Gasteiger partial charge >= 0.3 is 0 Å². The average Bonchev–Trinajstić information content (AvgIpc) is 3.06. The van der Waals surface area contributed by atoms with Gasteiger partial charge in [-0.3, -0.25) is 4.79 Å². The summed E-state index contributed by atoms with van der Waals surface area (Å²) in [6, 6.07) is 26.6. The van der Waals surface area contributed by atoms with Crippen LogP contribution in [0.3, 0.4) is 0 Å². The van der Waals surface area contributed by atoms with Crippen molar-refractivity contribution in [1.82, 2.24) is 0 Å². The van der Waals surface area contributed by atoms with Gasteiger partial charge in [0.25, 0.3) is 0 Å². The zero-order chi connectivity index (χ0) is 19.3. The maximum absolute atomic E-state index is 13.7. The van der Waals surface area contributed by atoms with E-state index in [9.17, 15) is 9.90 Å². The summed E-state index contributed by atoms with van der Waals surface area (Å²) >= 11 is 6.64. The molecule has 0 saturated carbocycles. The number of hydrogen-bond donors (Lipinski definition) is 1. The third-order valence-corrected chi connectivity index (χ3v) is 5.58. The lowest BCUT2D eigenvalue weighted by Gasteiger charge is -2.06. The van der Waals surface area contributed by atoms with Crippen LogP contribution in [0.4, 0.5) is 0 Å². The number of phenolic OH excluding ortho intramolecular Hbond substituents is 1. The van der Waals surface area contributed by atoms with Gasteiger partial charge in [0.05, 0.1) is 5.02 Å². The second kappa shape index (κ2) is 6.36.